The molecule has 2 saturated carbocycles. The molecule has 3 fully saturated rings. The molecule has 13 heavy (non-hydrogen) atoms. The minimum absolute atomic E-state index is 0.0372. The first kappa shape index (κ1) is 7.80. The van der Waals surface area contributed by atoms with Gasteiger partial charge in [0.1, 0.15) is 0 Å². The number of hydrogen-bond donors (Lipinski definition) is 1. The van der Waals surface area contributed by atoms with Gasteiger partial charge in [-0.05, 0) is 37.5 Å². The van der Waals surface area contributed by atoms with Crippen molar-refractivity contribution in [2.45, 2.75) is 31.7 Å². The van der Waals surface area contributed by atoms with Crippen LogP contribution in [-0.4, -0.2) is 18.6 Å². The van der Waals surface area contributed by atoms with Crippen LogP contribution in [0, 0.1) is 17.3 Å². The first-order chi connectivity index (χ1) is 6.22. The number of ether oxygens (including phenoxy) is 1. The second-order valence-corrected chi connectivity index (χ2v) is 4.85. The Morgan fingerprint density at radius 3 is 2.85 bits per heavy atom. The highest BCUT2D eigenvalue weighted by Crippen LogP contribution is 2.59. The molecule has 3 rings (SSSR count). The van der Waals surface area contributed by atoms with Crippen LogP contribution in [0.15, 0.2) is 0 Å². The molecule has 0 aromatic heterocycles. The molecule has 72 valence electrons. The Balaban J connectivity index is 1.97. The normalized spacial score (nSPS) is 53.3. The van der Waals surface area contributed by atoms with Crippen LogP contribution in [0.25, 0.3) is 0 Å². The molecule has 4 atom stereocenters. The van der Waals surface area contributed by atoms with Crippen molar-refractivity contribution in [3.05, 3.63) is 0 Å². The van der Waals surface area contributed by atoms with Gasteiger partial charge >= 0.3 is 5.97 Å². The lowest BCUT2D eigenvalue weighted by atomic mass is 9.70. The molecular formula is C10H15NO2. The van der Waals surface area contributed by atoms with Gasteiger partial charge in [0.25, 0.3) is 0 Å². The Kier molecular flexibility index (Phi) is 1.36. The van der Waals surface area contributed by atoms with E-state index in [9.17, 15) is 4.79 Å². The van der Waals surface area contributed by atoms with E-state index in [1.165, 1.54) is 0 Å². The largest absolute Gasteiger partial charge is 0.465 e. The zero-order valence-electron chi connectivity index (χ0n) is 7.66. The SMILES string of the molecule is NC1C[C@H]2CC1[C@@]1(CCOC1=O)C2. The average Bonchev–Trinajstić information content (AvgIpc) is 2.69. The van der Waals surface area contributed by atoms with Crippen LogP contribution in [0.2, 0.25) is 0 Å². The van der Waals surface area contributed by atoms with Crippen LogP contribution in [0.4, 0.5) is 0 Å². The van der Waals surface area contributed by atoms with Gasteiger partial charge in [0.2, 0.25) is 0 Å². The summed E-state index contributed by atoms with van der Waals surface area (Å²) in [5, 5.41) is 0. The average molecular weight is 181 g/mol. The first-order valence-corrected chi connectivity index (χ1v) is 5.15. The van der Waals surface area contributed by atoms with E-state index in [0.29, 0.717) is 18.4 Å². The predicted octanol–water partition coefficient (Wildman–Crippen LogP) is 0.677. The van der Waals surface area contributed by atoms with E-state index >= 15 is 0 Å². The molecule has 3 heteroatoms. The lowest BCUT2D eigenvalue weighted by Gasteiger charge is -2.33. The van der Waals surface area contributed by atoms with E-state index in [1.807, 2.05) is 0 Å². The summed E-state index contributed by atoms with van der Waals surface area (Å²) in [7, 11) is 0. The third-order valence-corrected chi connectivity index (χ3v) is 4.26. The summed E-state index contributed by atoms with van der Waals surface area (Å²) in [6.45, 7) is 0.620. The Bertz CT molecular complexity index is 266. The number of fused-ring (bicyclic) bond motifs is 3. The third-order valence-electron chi connectivity index (χ3n) is 4.26. The molecule has 0 amide bonds. The summed E-state index contributed by atoms with van der Waals surface area (Å²) < 4.78 is 5.10. The molecule has 1 heterocycles. The molecule has 1 saturated heterocycles. The van der Waals surface area contributed by atoms with Gasteiger partial charge < -0.3 is 10.5 Å². The predicted molar refractivity (Wildman–Crippen MR) is 46.8 cm³/mol. The number of carbonyl (C=O) groups is 1. The standard InChI is InChI=1S/C10H15NO2/c11-8-4-6-3-7(8)10(5-6)1-2-13-9(10)12/h6-8H,1-5,11H2/t6-,7?,8?,10-/m1/s1. The summed E-state index contributed by atoms with van der Waals surface area (Å²) in [4.78, 5) is 11.7. The van der Waals surface area contributed by atoms with E-state index in [2.05, 4.69) is 0 Å². The van der Waals surface area contributed by atoms with E-state index in [-0.39, 0.29) is 17.4 Å². The molecule has 1 aliphatic heterocycles. The fraction of sp³-hybridized carbons (Fsp3) is 0.900. The van der Waals surface area contributed by atoms with Gasteiger partial charge in [-0.3, -0.25) is 4.79 Å². The van der Waals surface area contributed by atoms with Crippen molar-refractivity contribution in [1.29, 1.82) is 0 Å². The molecule has 3 nitrogen and oxygen atoms in total. The van der Waals surface area contributed by atoms with Gasteiger partial charge in [0, 0.05) is 6.04 Å². The van der Waals surface area contributed by atoms with Crippen molar-refractivity contribution in [2.24, 2.45) is 23.0 Å². The summed E-state index contributed by atoms with van der Waals surface area (Å²) >= 11 is 0. The first-order valence-electron chi connectivity index (χ1n) is 5.15. The van der Waals surface area contributed by atoms with Crippen LogP contribution in [-0.2, 0) is 9.53 Å². The second kappa shape index (κ2) is 2.27. The quantitative estimate of drug-likeness (QED) is 0.559. The minimum atomic E-state index is -0.150. The van der Waals surface area contributed by atoms with Gasteiger partial charge in [0.15, 0.2) is 0 Å². The number of hydrogen-bond acceptors (Lipinski definition) is 3. The smallest absolute Gasteiger partial charge is 0.312 e. The molecule has 0 aromatic rings. The van der Waals surface area contributed by atoms with Crippen LogP contribution >= 0.6 is 0 Å². The number of esters is 1. The number of nitrogens with two attached hydrogens (primary N) is 1. The third kappa shape index (κ3) is 0.810. The number of rotatable bonds is 0. The maximum Gasteiger partial charge on any atom is 0.312 e. The summed E-state index contributed by atoms with van der Waals surface area (Å²) in [6.07, 6.45) is 4.25. The lowest BCUT2D eigenvalue weighted by Crippen LogP contribution is -2.43. The molecule has 2 bridgehead atoms. The summed E-state index contributed by atoms with van der Waals surface area (Å²) in [5.41, 5.74) is 5.88. The highest BCUT2D eigenvalue weighted by molar-refractivity contribution is 5.80. The maximum atomic E-state index is 11.7. The molecule has 2 N–H and O–H groups in total. The molecule has 0 radical (unpaired) electrons. The highest BCUT2D eigenvalue weighted by atomic mass is 16.5. The fourth-order valence-electron chi connectivity index (χ4n) is 3.74. The van der Waals surface area contributed by atoms with Crippen molar-refractivity contribution in [3.8, 4) is 0 Å². The van der Waals surface area contributed by atoms with Gasteiger partial charge in [-0.25, -0.2) is 0 Å². The zero-order chi connectivity index (χ0) is 9.05. The van der Waals surface area contributed by atoms with Crippen LogP contribution in [0.3, 0.4) is 0 Å². The van der Waals surface area contributed by atoms with Crippen molar-refractivity contribution < 1.29 is 9.53 Å². The van der Waals surface area contributed by atoms with Crippen molar-refractivity contribution in [2.75, 3.05) is 6.61 Å². The van der Waals surface area contributed by atoms with Gasteiger partial charge in [-0.1, -0.05) is 0 Å². The maximum absolute atomic E-state index is 11.7. The fourth-order valence-corrected chi connectivity index (χ4v) is 3.74. The van der Waals surface area contributed by atoms with Crippen molar-refractivity contribution in [3.63, 3.8) is 0 Å². The Labute approximate surface area is 77.6 Å². The zero-order valence-corrected chi connectivity index (χ0v) is 7.66. The summed E-state index contributed by atoms with van der Waals surface area (Å²) in [5.74, 6) is 1.16. The number of carbonyl (C=O) groups excluding carboxylic acids is 1. The second-order valence-electron chi connectivity index (χ2n) is 4.85. The Morgan fingerprint density at radius 2 is 2.31 bits per heavy atom. The highest BCUT2D eigenvalue weighted by Gasteiger charge is 2.61. The topological polar surface area (TPSA) is 52.3 Å². The lowest BCUT2D eigenvalue weighted by molar-refractivity contribution is -0.149. The molecule has 2 aliphatic carbocycles. The van der Waals surface area contributed by atoms with E-state index in [0.717, 1.165) is 25.7 Å². The van der Waals surface area contributed by atoms with Gasteiger partial charge in [0.05, 0.1) is 12.0 Å². The van der Waals surface area contributed by atoms with Gasteiger partial charge in [-0.15, -0.1) is 0 Å². The monoisotopic (exact) mass is 181 g/mol. The molecule has 0 aromatic carbocycles. The molecule has 2 unspecified atom stereocenters. The summed E-state index contributed by atoms with van der Waals surface area (Å²) in [6, 6.07) is 0.254. The Hall–Kier alpha value is -0.570. The van der Waals surface area contributed by atoms with Crippen molar-refractivity contribution in [1.82, 2.24) is 0 Å². The van der Waals surface area contributed by atoms with Crippen molar-refractivity contribution >= 4 is 5.97 Å². The van der Waals surface area contributed by atoms with E-state index in [1.54, 1.807) is 0 Å². The molecular weight excluding hydrogens is 166 g/mol. The van der Waals surface area contributed by atoms with Crippen LogP contribution in [0.5, 0.6) is 0 Å². The Morgan fingerprint density at radius 1 is 1.46 bits per heavy atom. The van der Waals surface area contributed by atoms with Crippen LogP contribution in [0.1, 0.15) is 25.7 Å². The van der Waals surface area contributed by atoms with E-state index in [4.69, 9.17) is 10.5 Å². The number of cyclic esters (lactones) is 1. The van der Waals surface area contributed by atoms with E-state index < -0.39 is 0 Å². The van der Waals surface area contributed by atoms with Crippen LogP contribution < -0.4 is 5.73 Å². The molecule has 3 aliphatic rings. The minimum Gasteiger partial charge on any atom is -0.465 e. The van der Waals surface area contributed by atoms with Gasteiger partial charge in [-0.2, -0.15) is 0 Å². The molecule has 1 spiro atoms.